The highest BCUT2D eigenvalue weighted by molar-refractivity contribution is 8.00. The molecular formula is C18H17Cl2NO3S. The van der Waals surface area contributed by atoms with E-state index in [4.69, 9.17) is 27.9 Å². The summed E-state index contributed by atoms with van der Waals surface area (Å²) in [6.45, 7) is 3.80. The number of halogens is 2. The summed E-state index contributed by atoms with van der Waals surface area (Å²) in [7, 11) is 0. The van der Waals surface area contributed by atoms with Gasteiger partial charge in [-0.25, -0.2) is 4.79 Å². The highest BCUT2D eigenvalue weighted by Crippen LogP contribution is 2.27. The maximum Gasteiger partial charge on any atom is 0.339 e. The van der Waals surface area contributed by atoms with Gasteiger partial charge in [-0.05, 0) is 56.3 Å². The maximum atomic E-state index is 12.3. The first kappa shape index (κ1) is 19.6. The lowest BCUT2D eigenvalue weighted by Gasteiger charge is -2.13. The molecule has 0 aliphatic heterocycles. The highest BCUT2D eigenvalue weighted by Gasteiger charge is 2.16. The smallest absolute Gasteiger partial charge is 0.339 e. The quantitative estimate of drug-likeness (QED) is 0.531. The van der Waals surface area contributed by atoms with Gasteiger partial charge in [0.2, 0.25) is 5.91 Å². The Labute approximate surface area is 160 Å². The second kappa shape index (κ2) is 9.13. The monoisotopic (exact) mass is 397 g/mol. The summed E-state index contributed by atoms with van der Waals surface area (Å²) in [6, 6.07) is 12.0. The molecule has 132 valence electrons. The highest BCUT2D eigenvalue weighted by atomic mass is 35.5. The van der Waals surface area contributed by atoms with Crippen molar-refractivity contribution in [3.8, 4) is 0 Å². The van der Waals surface area contributed by atoms with E-state index in [0.29, 0.717) is 10.7 Å². The molecule has 1 atom stereocenters. The normalized spacial score (nSPS) is 11.7. The van der Waals surface area contributed by atoms with Gasteiger partial charge in [-0.2, -0.15) is 0 Å². The lowest BCUT2D eigenvalue weighted by Crippen LogP contribution is -2.22. The van der Waals surface area contributed by atoms with E-state index in [1.165, 1.54) is 23.9 Å². The first-order valence-corrected chi connectivity index (χ1v) is 9.24. The zero-order valence-corrected chi connectivity index (χ0v) is 16.0. The topological polar surface area (TPSA) is 55.4 Å². The molecule has 2 aromatic rings. The number of hydrogen-bond acceptors (Lipinski definition) is 4. The zero-order chi connectivity index (χ0) is 18.4. The van der Waals surface area contributed by atoms with E-state index in [1.54, 1.807) is 25.1 Å². The molecule has 0 bridgehead atoms. The minimum atomic E-state index is -0.489. The number of hydrogen-bond donors (Lipinski definition) is 1. The minimum Gasteiger partial charge on any atom is -0.462 e. The van der Waals surface area contributed by atoms with Crippen molar-refractivity contribution in [2.24, 2.45) is 0 Å². The molecule has 0 heterocycles. The van der Waals surface area contributed by atoms with E-state index < -0.39 is 5.97 Å². The molecule has 4 nitrogen and oxygen atoms in total. The van der Waals surface area contributed by atoms with Gasteiger partial charge in [0.15, 0.2) is 0 Å². The SMILES string of the molecule is CCOC(=O)c1ccc(NC(=O)[C@H](C)Sc2ccc(Cl)cc2)cc1Cl. The van der Waals surface area contributed by atoms with Crippen LogP contribution in [-0.4, -0.2) is 23.7 Å². The third kappa shape index (κ3) is 5.66. The van der Waals surface area contributed by atoms with Gasteiger partial charge in [-0.1, -0.05) is 23.2 Å². The molecule has 7 heteroatoms. The third-order valence-corrected chi connectivity index (χ3v) is 4.90. The lowest BCUT2D eigenvalue weighted by molar-refractivity contribution is -0.115. The van der Waals surface area contributed by atoms with Gasteiger partial charge < -0.3 is 10.1 Å². The number of benzene rings is 2. The van der Waals surface area contributed by atoms with Crippen LogP contribution in [0.15, 0.2) is 47.4 Å². The summed E-state index contributed by atoms with van der Waals surface area (Å²) < 4.78 is 4.92. The lowest BCUT2D eigenvalue weighted by atomic mass is 10.2. The van der Waals surface area contributed by atoms with Gasteiger partial charge in [0.1, 0.15) is 0 Å². The van der Waals surface area contributed by atoms with Crippen molar-refractivity contribution >= 4 is 52.5 Å². The van der Waals surface area contributed by atoms with Gasteiger partial charge in [0.05, 0.1) is 22.4 Å². The van der Waals surface area contributed by atoms with E-state index in [1.807, 2.05) is 19.1 Å². The predicted molar refractivity (Wildman–Crippen MR) is 103 cm³/mol. The largest absolute Gasteiger partial charge is 0.462 e. The number of amides is 1. The Morgan fingerprint density at radius 2 is 1.84 bits per heavy atom. The van der Waals surface area contributed by atoms with E-state index in [2.05, 4.69) is 5.32 Å². The van der Waals surface area contributed by atoms with Gasteiger partial charge in [0.25, 0.3) is 0 Å². The number of nitrogens with one attached hydrogen (secondary N) is 1. The minimum absolute atomic E-state index is 0.167. The third-order valence-electron chi connectivity index (χ3n) is 3.23. The fraction of sp³-hybridized carbons (Fsp3) is 0.222. The molecule has 0 spiro atoms. The van der Waals surface area contributed by atoms with Crippen LogP contribution in [0.3, 0.4) is 0 Å². The Hall–Kier alpha value is -1.69. The Morgan fingerprint density at radius 1 is 1.16 bits per heavy atom. The number of carbonyl (C=O) groups excluding carboxylic acids is 2. The summed E-state index contributed by atoms with van der Waals surface area (Å²) >= 11 is 13.4. The Balaban J connectivity index is 2.00. The van der Waals surface area contributed by atoms with Crippen molar-refractivity contribution in [1.29, 1.82) is 0 Å². The Kier molecular flexibility index (Phi) is 7.17. The van der Waals surface area contributed by atoms with Gasteiger partial charge in [-0.3, -0.25) is 4.79 Å². The van der Waals surface area contributed by atoms with Crippen LogP contribution in [0.4, 0.5) is 5.69 Å². The van der Waals surface area contributed by atoms with Crippen LogP contribution < -0.4 is 5.32 Å². The molecule has 0 aromatic heterocycles. The average molecular weight is 398 g/mol. The Morgan fingerprint density at radius 3 is 2.44 bits per heavy atom. The summed E-state index contributed by atoms with van der Waals surface area (Å²) in [5.41, 5.74) is 0.789. The molecule has 0 saturated heterocycles. The Bertz CT molecular complexity index is 765. The molecule has 2 rings (SSSR count). The van der Waals surface area contributed by atoms with Crippen molar-refractivity contribution in [2.45, 2.75) is 24.0 Å². The van der Waals surface area contributed by atoms with Crippen molar-refractivity contribution in [3.05, 3.63) is 58.1 Å². The van der Waals surface area contributed by atoms with Crippen LogP contribution in [0.1, 0.15) is 24.2 Å². The number of ether oxygens (including phenoxy) is 1. The number of esters is 1. The molecule has 1 amide bonds. The number of carbonyl (C=O) groups is 2. The number of thioether (sulfide) groups is 1. The van der Waals surface area contributed by atoms with E-state index in [-0.39, 0.29) is 28.4 Å². The van der Waals surface area contributed by atoms with Crippen LogP contribution in [0, 0.1) is 0 Å². The molecule has 0 radical (unpaired) electrons. The molecule has 1 N–H and O–H groups in total. The van der Waals surface area contributed by atoms with Crippen molar-refractivity contribution in [3.63, 3.8) is 0 Å². The summed E-state index contributed by atoms with van der Waals surface area (Å²) in [5, 5.41) is 3.36. The van der Waals surface area contributed by atoms with Crippen molar-refractivity contribution in [2.75, 3.05) is 11.9 Å². The summed E-state index contributed by atoms with van der Waals surface area (Å²) in [6.07, 6.45) is 0. The van der Waals surface area contributed by atoms with Gasteiger partial charge in [-0.15, -0.1) is 11.8 Å². The maximum absolute atomic E-state index is 12.3. The van der Waals surface area contributed by atoms with E-state index >= 15 is 0 Å². The summed E-state index contributed by atoms with van der Waals surface area (Å²) in [5.74, 6) is -0.656. The van der Waals surface area contributed by atoms with Crippen LogP contribution in [-0.2, 0) is 9.53 Å². The summed E-state index contributed by atoms with van der Waals surface area (Å²) in [4.78, 5) is 25.0. The standard InChI is InChI=1S/C18H17Cl2NO3S/c1-3-24-18(23)15-9-6-13(10-16(15)20)21-17(22)11(2)25-14-7-4-12(19)5-8-14/h4-11H,3H2,1-2H3,(H,21,22)/t11-/m0/s1. The molecule has 25 heavy (non-hydrogen) atoms. The second-order valence-electron chi connectivity index (χ2n) is 5.12. The molecule has 0 unspecified atom stereocenters. The first-order valence-electron chi connectivity index (χ1n) is 7.60. The molecule has 0 aliphatic rings. The molecule has 0 aliphatic carbocycles. The second-order valence-corrected chi connectivity index (χ2v) is 7.38. The molecule has 0 saturated carbocycles. The van der Waals surface area contributed by atoms with Crippen LogP contribution in [0.25, 0.3) is 0 Å². The van der Waals surface area contributed by atoms with Gasteiger partial charge in [0, 0.05) is 15.6 Å². The van der Waals surface area contributed by atoms with E-state index in [9.17, 15) is 9.59 Å². The number of anilines is 1. The molecule has 0 fully saturated rings. The fourth-order valence-corrected chi connectivity index (χ4v) is 3.23. The first-order chi connectivity index (χ1) is 11.9. The predicted octanol–water partition coefficient (Wildman–Crippen LogP) is 5.29. The zero-order valence-electron chi connectivity index (χ0n) is 13.7. The van der Waals surface area contributed by atoms with Crippen molar-refractivity contribution in [1.82, 2.24) is 0 Å². The average Bonchev–Trinajstić information content (AvgIpc) is 2.57. The fourth-order valence-electron chi connectivity index (χ4n) is 1.98. The van der Waals surface area contributed by atoms with E-state index in [0.717, 1.165) is 4.90 Å². The molecular weight excluding hydrogens is 381 g/mol. The van der Waals surface area contributed by atoms with Crippen LogP contribution in [0.5, 0.6) is 0 Å². The van der Waals surface area contributed by atoms with Crippen LogP contribution >= 0.6 is 35.0 Å². The van der Waals surface area contributed by atoms with Crippen molar-refractivity contribution < 1.29 is 14.3 Å². The number of rotatable bonds is 6. The van der Waals surface area contributed by atoms with Gasteiger partial charge >= 0.3 is 5.97 Å². The molecule has 2 aromatic carbocycles. The van der Waals surface area contributed by atoms with Crippen LogP contribution in [0.2, 0.25) is 10.0 Å².